The van der Waals surface area contributed by atoms with E-state index in [-0.39, 0.29) is 5.60 Å². The van der Waals surface area contributed by atoms with Gasteiger partial charge in [0.25, 0.3) is 0 Å². The Morgan fingerprint density at radius 3 is 1.58 bits per heavy atom. The van der Waals surface area contributed by atoms with Gasteiger partial charge in [-0.25, -0.2) is 0 Å². The number of nitrogens with zero attached hydrogens (tertiary/aromatic N) is 1. The molecule has 0 bridgehead atoms. The zero-order chi connectivity index (χ0) is 32.9. The standard InChI is InChI=1S/C44H38BNO2/c1-5-44(4)43(2,3)47-45(48-44)40-27-25-35(29-46-40)42-37-19-13-12-18-36(37)41(33-22-20-32(21-23-33)30-14-8-6-9-15-30)39-28-34(24-26-38(39)42)31-16-10-7-11-17-31/h6-29H,5H2,1-4H3. The molecule has 0 saturated carbocycles. The van der Waals surface area contributed by atoms with Gasteiger partial charge in [-0.15, -0.1) is 0 Å². The molecule has 1 unspecified atom stereocenters. The van der Waals surface area contributed by atoms with Crippen molar-refractivity contribution < 1.29 is 9.31 Å². The molecule has 1 saturated heterocycles. The molecular formula is C44H38BNO2. The minimum Gasteiger partial charge on any atom is -0.398 e. The van der Waals surface area contributed by atoms with Crippen LogP contribution in [0.5, 0.6) is 0 Å². The van der Waals surface area contributed by atoms with E-state index < -0.39 is 12.7 Å². The fourth-order valence-electron chi connectivity index (χ4n) is 7.19. The van der Waals surface area contributed by atoms with E-state index in [4.69, 9.17) is 14.3 Å². The highest BCUT2D eigenvalue weighted by Gasteiger charge is 2.54. The lowest BCUT2D eigenvalue weighted by atomic mass is 9.82. The van der Waals surface area contributed by atoms with Gasteiger partial charge in [0.05, 0.1) is 16.8 Å². The zero-order valence-corrected chi connectivity index (χ0v) is 27.9. The van der Waals surface area contributed by atoms with Gasteiger partial charge in [0, 0.05) is 11.8 Å². The van der Waals surface area contributed by atoms with Crippen LogP contribution >= 0.6 is 0 Å². The molecular weight excluding hydrogens is 585 g/mol. The van der Waals surface area contributed by atoms with Crippen LogP contribution in [0.15, 0.2) is 146 Å². The molecule has 0 aliphatic carbocycles. The molecule has 7 aromatic rings. The third kappa shape index (κ3) is 5.13. The summed E-state index contributed by atoms with van der Waals surface area (Å²) in [7, 11) is -0.498. The van der Waals surface area contributed by atoms with Crippen molar-refractivity contribution in [3.63, 3.8) is 0 Å². The monoisotopic (exact) mass is 623 g/mol. The zero-order valence-electron chi connectivity index (χ0n) is 27.9. The molecule has 0 radical (unpaired) electrons. The topological polar surface area (TPSA) is 31.4 Å². The number of aromatic nitrogens is 1. The van der Waals surface area contributed by atoms with Crippen LogP contribution in [0.3, 0.4) is 0 Å². The maximum atomic E-state index is 6.46. The van der Waals surface area contributed by atoms with Crippen molar-refractivity contribution >= 4 is 34.3 Å². The molecule has 48 heavy (non-hydrogen) atoms. The van der Waals surface area contributed by atoms with E-state index in [9.17, 15) is 0 Å². The summed E-state index contributed by atoms with van der Waals surface area (Å²) in [6.07, 6.45) is 2.84. The summed E-state index contributed by atoms with van der Waals surface area (Å²) in [6, 6.07) is 50.1. The number of hydrogen-bond donors (Lipinski definition) is 0. The summed E-state index contributed by atoms with van der Waals surface area (Å²) < 4.78 is 12.9. The molecule has 4 heteroatoms. The Morgan fingerprint density at radius 1 is 0.500 bits per heavy atom. The highest BCUT2D eigenvalue weighted by Crippen LogP contribution is 2.45. The van der Waals surface area contributed by atoms with Gasteiger partial charge < -0.3 is 9.31 Å². The molecule has 0 amide bonds. The van der Waals surface area contributed by atoms with E-state index in [2.05, 4.69) is 167 Å². The first-order chi connectivity index (χ1) is 23.3. The Bertz CT molecular complexity index is 2250. The molecule has 1 aliphatic heterocycles. The van der Waals surface area contributed by atoms with Crippen molar-refractivity contribution in [1.29, 1.82) is 0 Å². The van der Waals surface area contributed by atoms with E-state index in [1.807, 2.05) is 6.20 Å². The molecule has 6 aromatic carbocycles. The molecule has 8 rings (SSSR count). The number of hydrogen-bond acceptors (Lipinski definition) is 3. The largest absolute Gasteiger partial charge is 0.514 e. The lowest BCUT2D eigenvalue weighted by Crippen LogP contribution is -2.44. The highest BCUT2D eigenvalue weighted by atomic mass is 16.7. The van der Waals surface area contributed by atoms with E-state index >= 15 is 0 Å². The average molecular weight is 624 g/mol. The van der Waals surface area contributed by atoms with Crippen molar-refractivity contribution in [1.82, 2.24) is 4.98 Å². The van der Waals surface area contributed by atoms with Crippen molar-refractivity contribution in [3.8, 4) is 44.5 Å². The second-order valence-electron chi connectivity index (χ2n) is 13.5. The summed E-state index contributed by atoms with van der Waals surface area (Å²) in [5, 5.41) is 4.81. The Labute approximate surface area is 283 Å². The van der Waals surface area contributed by atoms with Crippen LogP contribution in [-0.4, -0.2) is 23.3 Å². The number of fused-ring (bicyclic) bond motifs is 2. The molecule has 1 aliphatic rings. The second kappa shape index (κ2) is 11.9. The van der Waals surface area contributed by atoms with Gasteiger partial charge in [-0.3, -0.25) is 4.98 Å². The van der Waals surface area contributed by atoms with Crippen LogP contribution in [0.4, 0.5) is 0 Å². The summed E-state index contributed by atoms with van der Waals surface area (Å²) in [5.41, 5.74) is 9.48. The van der Waals surface area contributed by atoms with E-state index in [1.54, 1.807) is 0 Å². The van der Waals surface area contributed by atoms with Crippen LogP contribution in [0.25, 0.3) is 66.1 Å². The third-order valence-electron chi connectivity index (χ3n) is 10.4. The van der Waals surface area contributed by atoms with Gasteiger partial charge in [0.2, 0.25) is 0 Å². The number of rotatable bonds is 6. The maximum absolute atomic E-state index is 6.46. The second-order valence-corrected chi connectivity index (χ2v) is 13.5. The summed E-state index contributed by atoms with van der Waals surface area (Å²) >= 11 is 0. The van der Waals surface area contributed by atoms with Gasteiger partial charge >= 0.3 is 7.12 Å². The molecule has 234 valence electrons. The van der Waals surface area contributed by atoms with Gasteiger partial charge in [-0.1, -0.05) is 134 Å². The van der Waals surface area contributed by atoms with Gasteiger partial charge in [-0.05, 0) is 99.8 Å². The Hall–Kier alpha value is -5.03. The van der Waals surface area contributed by atoms with Crippen LogP contribution in [0.1, 0.15) is 34.1 Å². The average Bonchev–Trinajstić information content (AvgIpc) is 3.39. The first-order valence-electron chi connectivity index (χ1n) is 16.9. The number of benzene rings is 6. The Balaban J connectivity index is 1.31. The Morgan fingerprint density at radius 2 is 1.00 bits per heavy atom. The summed E-state index contributed by atoms with van der Waals surface area (Å²) in [4.78, 5) is 4.95. The van der Waals surface area contributed by atoms with Crippen LogP contribution in [0.2, 0.25) is 0 Å². The first-order valence-corrected chi connectivity index (χ1v) is 16.9. The lowest BCUT2D eigenvalue weighted by molar-refractivity contribution is -0.0118. The maximum Gasteiger partial charge on any atom is 0.514 e. The van der Waals surface area contributed by atoms with Crippen LogP contribution in [0, 0.1) is 0 Å². The molecule has 0 spiro atoms. The Kier molecular flexibility index (Phi) is 7.51. The quantitative estimate of drug-likeness (QED) is 0.136. The summed E-state index contributed by atoms with van der Waals surface area (Å²) in [5.74, 6) is 0. The lowest BCUT2D eigenvalue weighted by Gasteiger charge is -2.35. The van der Waals surface area contributed by atoms with Crippen molar-refractivity contribution in [2.45, 2.75) is 45.3 Å². The van der Waals surface area contributed by atoms with E-state index in [0.29, 0.717) is 0 Å². The van der Waals surface area contributed by atoms with E-state index in [0.717, 1.165) is 17.6 Å². The van der Waals surface area contributed by atoms with Crippen molar-refractivity contribution in [2.24, 2.45) is 0 Å². The molecule has 0 N–H and O–H groups in total. The van der Waals surface area contributed by atoms with Gasteiger partial charge in [0.15, 0.2) is 0 Å². The van der Waals surface area contributed by atoms with Crippen molar-refractivity contribution in [3.05, 3.63) is 146 Å². The van der Waals surface area contributed by atoms with Crippen LogP contribution in [-0.2, 0) is 9.31 Å². The van der Waals surface area contributed by atoms with E-state index in [1.165, 1.54) is 60.5 Å². The molecule has 1 fully saturated rings. The smallest absolute Gasteiger partial charge is 0.398 e. The normalized spacial score (nSPS) is 17.3. The molecule has 1 aromatic heterocycles. The van der Waals surface area contributed by atoms with Crippen molar-refractivity contribution in [2.75, 3.05) is 0 Å². The van der Waals surface area contributed by atoms with Gasteiger partial charge in [0.1, 0.15) is 0 Å². The minimum atomic E-state index is -0.498. The summed E-state index contributed by atoms with van der Waals surface area (Å²) in [6.45, 7) is 8.47. The molecule has 1 atom stereocenters. The fraction of sp³-hybridized carbons (Fsp3) is 0.159. The minimum absolute atomic E-state index is 0.379. The first kappa shape index (κ1) is 30.3. The third-order valence-corrected chi connectivity index (χ3v) is 10.4. The highest BCUT2D eigenvalue weighted by molar-refractivity contribution is 6.61. The van der Waals surface area contributed by atoms with Crippen LogP contribution < -0.4 is 5.59 Å². The predicted octanol–water partition coefficient (Wildman–Crippen LogP) is 10.7. The predicted molar refractivity (Wildman–Crippen MR) is 201 cm³/mol. The number of pyridine rings is 1. The van der Waals surface area contributed by atoms with Gasteiger partial charge in [-0.2, -0.15) is 0 Å². The molecule has 2 heterocycles. The molecule has 3 nitrogen and oxygen atoms in total. The fourth-order valence-corrected chi connectivity index (χ4v) is 7.19. The SMILES string of the molecule is CCC1(C)OB(c2ccc(-c3c4ccccc4c(-c4ccc(-c5ccccc5)cc4)c4cc(-c5ccccc5)ccc34)cn2)OC1(C)C.